The minimum absolute atomic E-state index is 0.0772. The topological polar surface area (TPSA) is 105 Å². The van der Waals surface area contributed by atoms with Crippen LogP contribution in [0.25, 0.3) is 11.1 Å². The summed E-state index contributed by atoms with van der Waals surface area (Å²) in [6.45, 7) is 4.93. The Hall–Kier alpha value is -3.81. The fourth-order valence-electron chi connectivity index (χ4n) is 4.81. The van der Waals surface area contributed by atoms with E-state index in [2.05, 4.69) is 9.97 Å². The van der Waals surface area contributed by atoms with Crippen molar-refractivity contribution in [3.05, 3.63) is 69.4 Å². The van der Waals surface area contributed by atoms with Crippen LogP contribution in [0.5, 0.6) is 17.2 Å². The van der Waals surface area contributed by atoms with Gasteiger partial charge in [-0.2, -0.15) is 0 Å². The first-order valence-corrected chi connectivity index (χ1v) is 12.3. The Labute approximate surface area is 210 Å². The maximum Gasteiger partial charge on any atom is 0.264 e. The number of ether oxygens (including phenoxy) is 2. The summed E-state index contributed by atoms with van der Waals surface area (Å²) in [4.78, 5) is 35.8. The van der Waals surface area contributed by atoms with E-state index < -0.39 is 11.5 Å². The van der Waals surface area contributed by atoms with Crippen LogP contribution >= 0.6 is 0 Å². The highest BCUT2D eigenvalue weighted by atomic mass is 16.5. The molecule has 0 aliphatic carbocycles. The van der Waals surface area contributed by atoms with E-state index in [0.717, 1.165) is 30.5 Å². The van der Waals surface area contributed by atoms with E-state index in [1.807, 2.05) is 32.2 Å². The van der Waals surface area contributed by atoms with Crippen molar-refractivity contribution >= 4 is 5.91 Å². The molecule has 2 aromatic heterocycles. The summed E-state index contributed by atoms with van der Waals surface area (Å²) in [5, 5.41) is 11.5. The third-order valence-corrected chi connectivity index (χ3v) is 6.77. The predicted octanol–water partition coefficient (Wildman–Crippen LogP) is 4.44. The second kappa shape index (κ2) is 10.8. The number of H-pyrrole nitrogens is 1. The molecule has 3 aromatic rings. The number of benzene rings is 1. The molecule has 1 saturated heterocycles. The second-order valence-electron chi connectivity index (χ2n) is 9.17. The fourth-order valence-corrected chi connectivity index (χ4v) is 4.81. The highest BCUT2D eigenvalue weighted by Gasteiger charge is 2.34. The zero-order valence-electron chi connectivity index (χ0n) is 21.3. The molecule has 1 atom stereocenters. The molecular formula is C28H33N3O5. The number of aromatic hydroxyl groups is 1. The molecule has 1 aliphatic rings. The number of likely N-dealkylation sites (tertiary alicyclic amines) is 1. The van der Waals surface area contributed by atoms with Crippen molar-refractivity contribution in [1.82, 2.24) is 14.9 Å². The molecule has 8 heteroatoms. The highest BCUT2D eigenvalue weighted by Crippen LogP contribution is 2.45. The molecule has 0 bridgehead atoms. The Morgan fingerprint density at radius 2 is 1.89 bits per heavy atom. The summed E-state index contributed by atoms with van der Waals surface area (Å²) in [6, 6.07) is 9.28. The van der Waals surface area contributed by atoms with Gasteiger partial charge >= 0.3 is 0 Å². The normalized spacial score (nSPS) is 15.2. The zero-order chi connectivity index (χ0) is 25.8. The quantitative estimate of drug-likeness (QED) is 0.483. The van der Waals surface area contributed by atoms with Crippen LogP contribution in [0.1, 0.15) is 59.4 Å². The summed E-state index contributed by atoms with van der Waals surface area (Å²) in [7, 11) is 3.06. The zero-order valence-corrected chi connectivity index (χ0v) is 21.3. The molecular weight excluding hydrogens is 458 g/mol. The maximum atomic E-state index is 13.6. The smallest absolute Gasteiger partial charge is 0.264 e. The molecule has 1 aliphatic heterocycles. The number of aromatic amines is 1. The van der Waals surface area contributed by atoms with Gasteiger partial charge in [0, 0.05) is 36.6 Å². The van der Waals surface area contributed by atoms with E-state index >= 15 is 0 Å². The van der Waals surface area contributed by atoms with E-state index in [0.29, 0.717) is 47.8 Å². The lowest BCUT2D eigenvalue weighted by atomic mass is 9.95. The number of hydrogen-bond acceptors (Lipinski definition) is 6. The fraction of sp³-hybridized carbons (Fsp3) is 0.393. The van der Waals surface area contributed by atoms with Crippen LogP contribution < -0.4 is 15.0 Å². The van der Waals surface area contributed by atoms with Gasteiger partial charge in [0.15, 0.2) is 0 Å². The van der Waals surface area contributed by atoms with Crippen molar-refractivity contribution in [3.63, 3.8) is 0 Å². The molecule has 3 heterocycles. The van der Waals surface area contributed by atoms with Crippen LogP contribution in [0.4, 0.5) is 0 Å². The largest absolute Gasteiger partial charge is 0.506 e. The summed E-state index contributed by atoms with van der Waals surface area (Å²) < 4.78 is 11.1. The van der Waals surface area contributed by atoms with Gasteiger partial charge in [-0.05, 0) is 49.9 Å². The molecule has 0 spiro atoms. The summed E-state index contributed by atoms with van der Waals surface area (Å²) in [5.41, 5.74) is 2.53. The molecule has 1 aromatic carbocycles. The summed E-state index contributed by atoms with van der Waals surface area (Å²) >= 11 is 0. The van der Waals surface area contributed by atoms with E-state index in [1.165, 1.54) is 14.2 Å². The Kier molecular flexibility index (Phi) is 7.62. The van der Waals surface area contributed by atoms with E-state index in [9.17, 15) is 14.7 Å². The molecule has 8 nitrogen and oxygen atoms in total. The third-order valence-electron chi connectivity index (χ3n) is 6.77. The van der Waals surface area contributed by atoms with Crippen LogP contribution in [0.15, 0.2) is 41.3 Å². The number of aryl methyl sites for hydroxylation is 2. The molecule has 4 rings (SSSR count). The van der Waals surface area contributed by atoms with E-state index in [-0.39, 0.29) is 17.2 Å². The molecule has 0 radical (unpaired) electrons. The number of carbonyl (C=O) groups is 1. The van der Waals surface area contributed by atoms with Crippen molar-refractivity contribution in [1.29, 1.82) is 0 Å². The minimum atomic E-state index is -0.599. The minimum Gasteiger partial charge on any atom is -0.506 e. The maximum absolute atomic E-state index is 13.6. The van der Waals surface area contributed by atoms with Crippen molar-refractivity contribution in [2.45, 2.75) is 45.4 Å². The number of pyridine rings is 2. The number of rotatable bonds is 8. The van der Waals surface area contributed by atoms with Crippen LogP contribution in [0.3, 0.4) is 0 Å². The average molecular weight is 492 g/mol. The van der Waals surface area contributed by atoms with Crippen molar-refractivity contribution < 1.29 is 19.4 Å². The number of nitrogens with zero attached hydrogens (tertiary/aromatic N) is 2. The number of hydrogen-bond donors (Lipinski definition) is 2. The van der Waals surface area contributed by atoms with Gasteiger partial charge in [-0.15, -0.1) is 0 Å². The number of carbonyl (C=O) groups excluding carboxylic acids is 1. The molecule has 2 N–H and O–H groups in total. The lowest BCUT2D eigenvalue weighted by Crippen LogP contribution is -2.33. The van der Waals surface area contributed by atoms with Gasteiger partial charge in [-0.25, -0.2) is 0 Å². The second-order valence-corrected chi connectivity index (χ2v) is 9.17. The summed E-state index contributed by atoms with van der Waals surface area (Å²) in [5.74, 6) is 0.169. The van der Waals surface area contributed by atoms with Gasteiger partial charge in [-0.1, -0.05) is 25.5 Å². The van der Waals surface area contributed by atoms with Crippen LogP contribution in [-0.2, 0) is 6.42 Å². The SMILES string of the molecule is CCCCc1[nH]c(=O)c(C(=O)N2CCC(c3ccc(C)cn3)C2)c(O)c1-c1c(OC)cccc1OC. The van der Waals surface area contributed by atoms with Crippen molar-refractivity contribution in [2.75, 3.05) is 27.3 Å². The molecule has 0 saturated carbocycles. The predicted molar refractivity (Wildman–Crippen MR) is 138 cm³/mol. The molecule has 1 fully saturated rings. The molecule has 1 amide bonds. The van der Waals surface area contributed by atoms with Crippen molar-refractivity contribution in [3.8, 4) is 28.4 Å². The lowest BCUT2D eigenvalue weighted by Gasteiger charge is -2.21. The van der Waals surface area contributed by atoms with Gasteiger partial charge in [0.25, 0.3) is 11.5 Å². The molecule has 36 heavy (non-hydrogen) atoms. The van der Waals surface area contributed by atoms with Gasteiger partial charge < -0.3 is 24.5 Å². The number of aromatic nitrogens is 2. The molecule has 1 unspecified atom stereocenters. The lowest BCUT2D eigenvalue weighted by molar-refractivity contribution is 0.0785. The summed E-state index contributed by atoms with van der Waals surface area (Å²) in [6.07, 6.45) is 4.77. The van der Waals surface area contributed by atoms with E-state index in [4.69, 9.17) is 9.47 Å². The van der Waals surface area contributed by atoms with Gasteiger partial charge in [0.1, 0.15) is 22.8 Å². The number of nitrogens with one attached hydrogen (secondary N) is 1. The average Bonchev–Trinajstić information content (AvgIpc) is 3.38. The monoisotopic (exact) mass is 491 g/mol. The highest BCUT2D eigenvalue weighted by molar-refractivity contribution is 6.00. The van der Waals surface area contributed by atoms with Crippen LogP contribution in [-0.4, -0.2) is 53.2 Å². The van der Waals surface area contributed by atoms with Gasteiger partial charge in [0.2, 0.25) is 0 Å². The number of unbranched alkanes of at least 4 members (excludes halogenated alkanes) is 1. The number of amides is 1. The number of methoxy groups -OCH3 is 2. The first kappa shape index (κ1) is 25.3. The first-order valence-electron chi connectivity index (χ1n) is 12.3. The Morgan fingerprint density at radius 1 is 1.17 bits per heavy atom. The third kappa shape index (κ3) is 4.80. The Bertz CT molecular complexity index is 1280. The molecule has 190 valence electrons. The van der Waals surface area contributed by atoms with Crippen LogP contribution in [0, 0.1) is 6.92 Å². The van der Waals surface area contributed by atoms with Crippen LogP contribution in [0.2, 0.25) is 0 Å². The Balaban J connectivity index is 1.78. The van der Waals surface area contributed by atoms with Gasteiger partial charge in [0.05, 0.1) is 25.3 Å². The first-order chi connectivity index (χ1) is 17.4. The van der Waals surface area contributed by atoms with E-state index in [1.54, 1.807) is 23.1 Å². The standard InChI is InChI=1S/C28H33N3O5/c1-5-6-8-20-23(24-21(35-3)9-7-10-22(24)36-4)26(32)25(27(33)30-20)28(34)31-14-13-18(16-31)19-12-11-17(2)15-29-19/h7,9-12,15,18H,5-6,8,13-14,16H2,1-4H3,(H2,30,32,33). The Morgan fingerprint density at radius 3 is 2.50 bits per heavy atom. The van der Waals surface area contributed by atoms with Gasteiger partial charge in [-0.3, -0.25) is 14.6 Å². The van der Waals surface area contributed by atoms with Crippen molar-refractivity contribution in [2.24, 2.45) is 0 Å².